The minimum Gasteiger partial charge on any atom is -0.455 e. The Morgan fingerprint density at radius 1 is 1.08 bits per heavy atom. The van der Waals surface area contributed by atoms with Crippen LogP contribution in [-0.4, -0.2) is 60.0 Å². The summed E-state index contributed by atoms with van der Waals surface area (Å²) < 4.78 is 18.4. The van der Waals surface area contributed by atoms with Crippen molar-refractivity contribution in [2.24, 2.45) is 23.7 Å². The van der Waals surface area contributed by atoms with E-state index in [1.54, 1.807) is 0 Å². The van der Waals surface area contributed by atoms with Crippen molar-refractivity contribution in [3.63, 3.8) is 0 Å². The van der Waals surface area contributed by atoms with Crippen LogP contribution in [0.3, 0.4) is 0 Å². The summed E-state index contributed by atoms with van der Waals surface area (Å²) in [6.07, 6.45) is 5.14. The molecule has 0 radical (unpaired) electrons. The molecule has 5 rings (SSSR count). The van der Waals surface area contributed by atoms with Gasteiger partial charge in [-0.05, 0) is 52.4 Å². The third-order valence-corrected chi connectivity index (χ3v) is 8.04. The summed E-state index contributed by atoms with van der Waals surface area (Å²) in [6.45, 7) is 11.4. The Labute approximate surface area is 156 Å². The molecule has 5 aliphatic rings. The number of carbonyl (C=O) groups excluding carboxylic acids is 1. The molecule has 3 aliphatic heterocycles. The van der Waals surface area contributed by atoms with Crippen molar-refractivity contribution in [1.82, 2.24) is 4.90 Å². The average molecular weight is 363 g/mol. The van der Waals surface area contributed by atoms with Gasteiger partial charge in [0.1, 0.15) is 11.7 Å². The molecule has 146 valence electrons. The Hall–Kier alpha value is -0.650. The zero-order valence-corrected chi connectivity index (χ0v) is 16.6. The summed E-state index contributed by atoms with van der Waals surface area (Å²) in [5, 5.41) is 0. The lowest BCUT2D eigenvalue weighted by Crippen LogP contribution is -2.58. The Morgan fingerprint density at radius 3 is 2.54 bits per heavy atom. The quantitative estimate of drug-likeness (QED) is 0.558. The maximum atomic E-state index is 13.1. The fourth-order valence-corrected chi connectivity index (χ4v) is 6.97. The smallest absolute Gasteiger partial charge is 0.311 e. The highest BCUT2D eigenvalue weighted by atomic mass is 16.7. The lowest BCUT2D eigenvalue weighted by atomic mass is 9.55. The van der Waals surface area contributed by atoms with E-state index in [1.807, 2.05) is 0 Å². The number of carbonyl (C=O) groups is 1. The van der Waals surface area contributed by atoms with Crippen LogP contribution in [0.4, 0.5) is 0 Å². The fraction of sp³-hybridized carbons (Fsp3) is 0.952. The molecule has 26 heavy (non-hydrogen) atoms. The van der Waals surface area contributed by atoms with E-state index in [0.717, 1.165) is 38.9 Å². The molecular weight excluding hydrogens is 330 g/mol. The van der Waals surface area contributed by atoms with Gasteiger partial charge in [-0.2, -0.15) is 0 Å². The van der Waals surface area contributed by atoms with Crippen LogP contribution in [0.2, 0.25) is 0 Å². The second kappa shape index (κ2) is 5.68. The SMILES string of the molecule is C[C@@H]1CN(C[C@@H]2C(=O)O[C@@]34[C@@H](CC[C@@]5(C)O[C@@H]35)[C@H](C)CC[C@@H]24)C[C@@H](C)O1. The van der Waals surface area contributed by atoms with Crippen molar-refractivity contribution in [2.75, 3.05) is 19.6 Å². The average Bonchev–Trinajstić information content (AvgIpc) is 3.18. The van der Waals surface area contributed by atoms with E-state index in [2.05, 4.69) is 32.6 Å². The largest absolute Gasteiger partial charge is 0.455 e. The molecule has 5 heteroatoms. The molecule has 0 N–H and O–H groups in total. The molecule has 0 unspecified atom stereocenters. The zero-order valence-electron chi connectivity index (χ0n) is 16.6. The number of ether oxygens (including phenoxy) is 3. The zero-order chi connectivity index (χ0) is 18.3. The van der Waals surface area contributed by atoms with Crippen LogP contribution >= 0.6 is 0 Å². The van der Waals surface area contributed by atoms with E-state index in [9.17, 15) is 4.79 Å². The van der Waals surface area contributed by atoms with Crippen LogP contribution in [0.25, 0.3) is 0 Å². The Morgan fingerprint density at radius 2 is 1.81 bits per heavy atom. The minimum absolute atomic E-state index is 0.00551. The van der Waals surface area contributed by atoms with E-state index >= 15 is 0 Å². The van der Waals surface area contributed by atoms with Gasteiger partial charge in [0.2, 0.25) is 0 Å². The maximum Gasteiger partial charge on any atom is 0.311 e. The molecule has 0 aromatic rings. The van der Waals surface area contributed by atoms with Gasteiger partial charge in [-0.3, -0.25) is 9.69 Å². The van der Waals surface area contributed by atoms with Crippen LogP contribution < -0.4 is 0 Å². The normalized spacial score (nSPS) is 56.3. The van der Waals surface area contributed by atoms with Crippen molar-refractivity contribution >= 4 is 5.97 Å². The third-order valence-electron chi connectivity index (χ3n) is 8.04. The highest BCUT2D eigenvalue weighted by Gasteiger charge is 2.77. The number of nitrogens with zero attached hydrogens (tertiary/aromatic N) is 1. The molecule has 0 aromatic heterocycles. The number of morpholine rings is 1. The predicted molar refractivity (Wildman–Crippen MR) is 96.7 cm³/mol. The van der Waals surface area contributed by atoms with Gasteiger partial charge in [-0.15, -0.1) is 0 Å². The molecular formula is C21H33NO4. The summed E-state index contributed by atoms with van der Waals surface area (Å²) in [7, 11) is 0. The van der Waals surface area contributed by atoms with Crippen molar-refractivity contribution in [2.45, 2.75) is 82.9 Å². The number of fused-ring (bicyclic) bond motifs is 1. The van der Waals surface area contributed by atoms with Crippen LogP contribution in [-0.2, 0) is 19.0 Å². The summed E-state index contributed by atoms with van der Waals surface area (Å²) in [5.74, 6) is 1.43. The molecule has 2 saturated carbocycles. The van der Waals surface area contributed by atoms with E-state index in [-0.39, 0.29) is 41.4 Å². The number of rotatable bonds is 2. The van der Waals surface area contributed by atoms with Crippen molar-refractivity contribution in [1.29, 1.82) is 0 Å². The molecule has 3 heterocycles. The Balaban J connectivity index is 1.42. The topological polar surface area (TPSA) is 51.3 Å². The first-order valence-corrected chi connectivity index (χ1v) is 10.6. The van der Waals surface area contributed by atoms with Gasteiger partial charge in [0.25, 0.3) is 0 Å². The van der Waals surface area contributed by atoms with E-state index in [1.165, 1.54) is 6.42 Å². The molecule has 0 aromatic carbocycles. The standard InChI is InChI=1S/C21H33NO4/c1-12-5-6-17-15(11-22-9-13(2)24-14(3)10-22)18(23)25-21(17)16(12)7-8-20(4)19(21)26-20/h12-17,19H,5-11H2,1-4H3/t12-,13-,14-,15+,16+,17+,19-,20-,21-/m1/s1. The maximum absolute atomic E-state index is 13.1. The second-order valence-electron chi connectivity index (χ2n) is 9.97. The number of hydrogen-bond acceptors (Lipinski definition) is 5. The molecule has 1 spiro atoms. The number of hydrogen-bond donors (Lipinski definition) is 0. The first kappa shape index (κ1) is 17.4. The van der Waals surface area contributed by atoms with E-state index in [0.29, 0.717) is 17.8 Å². The third kappa shape index (κ3) is 2.36. The highest BCUT2D eigenvalue weighted by Crippen LogP contribution is 2.66. The number of epoxide rings is 1. The van der Waals surface area contributed by atoms with Crippen LogP contribution in [0.1, 0.15) is 53.4 Å². The highest BCUT2D eigenvalue weighted by molar-refractivity contribution is 5.77. The molecule has 2 aliphatic carbocycles. The summed E-state index contributed by atoms with van der Waals surface area (Å²) in [5.41, 5.74) is -0.404. The van der Waals surface area contributed by atoms with Gasteiger partial charge in [0.05, 0.1) is 23.7 Å². The van der Waals surface area contributed by atoms with Gasteiger partial charge in [-0.25, -0.2) is 0 Å². The monoisotopic (exact) mass is 363 g/mol. The Bertz CT molecular complexity index is 601. The van der Waals surface area contributed by atoms with Crippen molar-refractivity contribution < 1.29 is 19.0 Å². The lowest BCUT2D eigenvalue weighted by molar-refractivity contribution is -0.168. The van der Waals surface area contributed by atoms with Crippen LogP contribution in [0.5, 0.6) is 0 Å². The molecule has 5 nitrogen and oxygen atoms in total. The Kier molecular flexibility index (Phi) is 3.81. The molecule has 9 atom stereocenters. The summed E-state index contributed by atoms with van der Waals surface area (Å²) in [6, 6.07) is 0. The van der Waals surface area contributed by atoms with Crippen LogP contribution in [0.15, 0.2) is 0 Å². The van der Waals surface area contributed by atoms with E-state index < -0.39 is 0 Å². The van der Waals surface area contributed by atoms with Crippen molar-refractivity contribution in [3.05, 3.63) is 0 Å². The molecule has 3 saturated heterocycles. The van der Waals surface area contributed by atoms with Gasteiger partial charge >= 0.3 is 5.97 Å². The first-order valence-electron chi connectivity index (χ1n) is 10.6. The fourth-order valence-electron chi connectivity index (χ4n) is 6.97. The van der Waals surface area contributed by atoms with Gasteiger partial charge < -0.3 is 14.2 Å². The predicted octanol–water partition coefficient (Wildman–Crippen LogP) is 2.62. The summed E-state index contributed by atoms with van der Waals surface area (Å²) in [4.78, 5) is 15.5. The second-order valence-corrected chi connectivity index (χ2v) is 9.97. The minimum atomic E-state index is -0.351. The summed E-state index contributed by atoms with van der Waals surface area (Å²) >= 11 is 0. The molecule has 0 bridgehead atoms. The molecule has 5 fully saturated rings. The van der Waals surface area contributed by atoms with E-state index in [4.69, 9.17) is 14.2 Å². The first-order chi connectivity index (χ1) is 12.3. The lowest BCUT2D eigenvalue weighted by Gasteiger charge is -2.50. The van der Waals surface area contributed by atoms with Gasteiger partial charge in [0, 0.05) is 31.5 Å². The van der Waals surface area contributed by atoms with Gasteiger partial charge in [0.15, 0.2) is 0 Å². The van der Waals surface area contributed by atoms with Crippen molar-refractivity contribution in [3.8, 4) is 0 Å². The van der Waals surface area contributed by atoms with Crippen LogP contribution in [0, 0.1) is 23.7 Å². The number of esters is 1. The molecule has 0 amide bonds. The van der Waals surface area contributed by atoms with Gasteiger partial charge in [-0.1, -0.05) is 6.92 Å².